The normalized spacial score (nSPS) is 13.9. The standard InChI is InChI=1S/C13H22N4O2/c1-9(2)12(16-11(4)18)13(19)15-10(3)7-17-6-5-14-8-17/h5-6,8-10,12H,7H2,1-4H3,(H,15,19)(H,16,18)/t10-,12+/m1/s1. The van der Waals surface area contributed by atoms with Crippen LogP contribution in [0.25, 0.3) is 0 Å². The van der Waals surface area contributed by atoms with Crippen LogP contribution < -0.4 is 10.6 Å². The second-order valence-corrected chi connectivity index (χ2v) is 5.09. The second kappa shape index (κ2) is 6.92. The number of aromatic nitrogens is 2. The summed E-state index contributed by atoms with van der Waals surface area (Å²) in [6.45, 7) is 7.79. The number of carbonyl (C=O) groups is 2. The molecule has 0 fully saturated rings. The van der Waals surface area contributed by atoms with E-state index in [4.69, 9.17) is 0 Å². The minimum absolute atomic E-state index is 0.0308. The zero-order chi connectivity index (χ0) is 14.4. The van der Waals surface area contributed by atoms with E-state index in [-0.39, 0.29) is 23.8 Å². The zero-order valence-electron chi connectivity index (χ0n) is 11.9. The van der Waals surface area contributed by atoms with Crippen molar-refractivity contribution in [2.24, 2.45) is 5.92 Å². The minimum Gasteiger partial charge on any atom is -0.350 e. The van der Waals surface area contributed by atoms with E-state index in [2.05, 4.69) is 15.6 Å². The molecular formula is C13H22N4O2. The number of carbonyl (C=O) groups excluding carboxylic acids is 2. The number of imidazole rings is 1. The number of nitrogens with one attached hydrogen (secondary N) is 2. The van der Waals surface area contributed by atoms with Gasteiger partial charge in [0.2, 0.25) is 11.8 Å². The van der Waals surface area contributed by atoms with E-state index in [0.29, 0.717) is 6.54 Å². The lowest BCUT2D eigenvalue weighted by Crippen LogP contribution is -2.51. The Hall–Kier alpha value is -1.85. The average molecular weight is 266 g/mol. The van der Waals surface area contributed by atoms with Crippen LogP contribution in [0, 0.1) is 5.92 Å². The quantitative estimate of drug-likeness (QED) is 0.789. The van der Waals surface area contributed by atoms with Crippen LogP contribution >= 0.6 is 0 Å². The van der Waals surface area contributed by atoms with E-state index in [1.807, 2.05) is 31.5 Å². The van der Waals surface area contributed by atoms with Gasteiger partial charge in [0.1, 0.15) is 6.04 Å². The number of hydrogen-bond donors (Lipinski definition) is 2. The minimum atomic E-state index is -0.497. The predicted octanol–water partition coefficient (Wildman–Crippen LogP) is 0.549. The van der Waals surface area contributed by atoms with Gasteiger partial charge in [-0.25, -0.2) is 4.98 Å². The fourth-order valence-electron chi connectivity index (χ4n) is 1.84. The lowest BCUT2D eigenvalue weighted by atomic mass is 10.0. The average Bonchev–Trinajstić information content (AvgIpc) is 2.77. The summed E-state index contributed by atoms with van der Waals surface area (Å²) in [5.74, 6) is -0.307. The first-order chi connectivity index (χ1) is 8.90. The van der Waals surface area contributed by atoms with E-state index in [9.17, 15) is 9.59 Å². The fourth-order valence-corrected chi connectivity index (χ4v) is 1.84. The largest absolute Gasteiger partial charge is 0.350 e. The number of amides is 2. The van der Waals surface area contributed by atoms with Crippen molar-refractivity contribution in [1.29, 1.82) is 0 Å². The molecule has 0 aliphatic rings. The molecule has 0 unspecified atom stereocenters. The fraction of sp³-hybridized carbons (Fsp3) is 0.615. The molecule has 6 heteroatoms. The van der Waals surface area contributed by atoms with Gasteiger partial charge in [0.05, 0.1) is 6.33 Å². The van der Waals surface area contributed by atoms with Crippen LogP contribution in [0.5, 0.6) is 0 Å². The summed E-state index contributed by atoms with van der Waals surface area (Å²) >= 11 is 0. The van der Waals surface area contributed by atoms with Crippen molar-refractivity contribution in [1.82, 2.24) is 20.2 Å². The Labute approximate surface area is 113 Å². The molecule has 106 valence electrons. The van der Waals surface area contributed by atoms with Gasteiger partial charge in [0, 0.05) is 31.9 Å². The monoisotopic (exact) mass is 266 g/mol. The smallest absolute Gasteiger partial charge is 0.243 e. The van der Waals surface area contributed by atoms with Crippen molar-refractivity contribution >= 4 is 11.8 Å². The summed E-state index contributed by atoms with van der Waals surface area (Å²) in [5.41, 5.74) is 0. The first kappa shape index (κ1) is 15.2. The lowest BCUT2D eigenvalue weighted by Gasteiger charge is -2.23. The molecule has 1 aromatic rings. The third-order valence-corrected chi connectivity index (χ3v) is 2.74. The molecule has 0 radical (unpaired) electrons. The number of nitrogens with zero attached hydrogens (tertiary/aromatic N) is 2. The summed E-state index contributed by atoms with van der Waals surface area (Å²) in [4.78, 5) is 27.2. The highest BCUT2D eigenvalue weighted by molar-refractivity contribution is 5.87. The van der Waals surface area contributed by atoms with Gasteiger partial charge in [-0.05, 0) is 12.8 Å². The van der Waals surface area contributed by atoms with Crippen molar-refractivity contribution in [3.8, 4) is 0 Å². The van der Waals surface area contributed by atoms with Crippen molar-refractivity contribution < 1.29 is 9.59 Å². The third kappa shape index (κ3) is 5.11. The highest BCUT2D eigenvalue weighted by Gasteiger charge is 2.23. The molecule has 0 saturated carbocycles. The second-order valence-electron chi connectivity index (χ2n) is 5.09. The van der Waals surface area contributed by atoms with E-state index >= 15 is 0 Å². The Morgan fingerprint density at radius 1 is 1.26 bits per heavy atom. The van der Waals surface area contributed by atoms with Gasteiger partial charge in [0.15, 0.2) is 0 Å². The van der Waals surface area contributed by atoms with Crippen LogP contribution in [0.3, 0.4) is 0 Å². The van der Waals surface area contributed by atoms with Gasteiger partial charge in [-0.2, -0.15) is 0 Å². The third-order valence-electron chi connectivity index (χ3n) is 2.74. The highest BCUT2D eigenvalue weighted by atomic mass is 16.2. The maximum atomic E-state index is 12.1. The van der Waals surface area contributed by atoms with Gasteiger partial charge >= 0.3 is 0 Å². The van der Waals surface area contributed by atoms with Crippen molar-refractivity contribution in [2.75, 3.05) is 0 Å². The molecule has 0 bridgehead atoms. The first-order valence-corrected chi connectivity index (χ1v) is 6.43. The molecule has 1 heterocycles. The molecule has 0 aliphatic carbocycles. The van der Waals surface area contributed by atoms with E-state index in [1.165, 1.54) is 6.92 Å². The topological polar surface area (TPSA) is 76.0 Å². The van der Waals surface area contributed by atoms with Crippen molar-refractivity contribution in [2.45, 2.75) is 46.3 Å². The summed E-state index contributed by atoms with van der Waals surface area (Å²) < 4.78 is 1.90. The highest BCUT2D eigenvalue weighted by Crippen LogP contribution is 2.03. The summed E-state index contributed by atoms with van der Waals surface area (Å²) in [7, 11) is 0. The van der Waals surface area contributed by atoms with Crippen molar-refractivity contribution in [3.05, 3.63) is 18.7 Å². The molecule has 0 aromatic carbocycles. The van der Waals surface area contributed by atoms with Crippen LogP contribution in [0.2, 0.25) is 0 Å². The molecular weight excluding hydrogens is 244 g/mol. The van der Waals surface area contributed by atoms with Gasteiger partial charge in [-0.1, -0.05) is 13.8 Å². The van der Waals surface area contributed by atoms with Crippen LogP contribution in [0.15, 0.2) is 18.7 Å². The van der Waals surface area contributed by atoms with Gasteiger partial charge in [0.25, 0.3) is 0 Å². The van der Waals surface area contributed by atoms with Gasteiger partial charge in [-0.15, -0.1) is 0 Å². The number of rotatable bonds is 6. The predicted molar refractivity (Wildman–Crippen MR) is 72.3 cm³/mol. The van der Waals surface area contributed by atoms with Crippen molar-refractivity contribution in [3.63, 3.8) is 0 Å². The van der Waals surface area contributed by atoms with E-state index in [0.717, 1.165) is 0 Å². The SMILES string of the molecule is CC(=O)N[C@H](C(=O)N[C@H](C)Cn1ccnc1)C(C)C. The molecule has 19 heavy (non-hydrogen) atoms. The molecule has 1 aromatic heterocycles. The maximum Gasteiger partial charge on any atom is 0.243 e. The van der Waals surface area contributed by atoms with Crippen LogP contribution in [0.1, 0.15) is 27.7 Å². The van der Waals surface area contributed by atoms with Crippen LogP contribution in [-0.4, -0.2) is 33.4 Å². The van der Waals surface area contributed by atoms with Gasteiger partial charge in [-0.3, -0.25) is 9.59 Å². The van der Waals surface area contributed by atoms with Gasteiger partial charge < -0.3 is 15.2 Å². The molecule has 1 rings (SSSR count). The molecule has 0 spiro atoms. The van der Waals surface area contributed by atoms with E-state index in [1.54, 1.807) is 12.5 Å². The Morgan fingerprint density at radius 2 is 1.95 bits per heavy atom. The van der Waals surface area contributed by atoms with Crippen LogP contribution in [-0.2, 0) is 16.1 Å². The zero-order valence-corrected chi connectivity index (χ0v) is 11.9. The summed E-state index contributed by atoms with van der Waals surface area (Å²) in [6.07, 6.45) is 5.25. The van der Waals surface area contributed by atoms with Crippen LogP contribution in [0.4, 0.5) is 0 Å². The Kier molecular flexibility index (Phi) is 5.54. The molecule has 2 N–H and O–H groups in total. The Bertz CT molecular complexity index is 414. The Balaban J connectivity index is 2.53. The first-order valence-electron chi connectivity index (χ1n) is 6.43. The Morgan fingerprint density at radius 3 is 2.42 bits per heavy atom. The maximum absolute atomic E-state index is 12.1. The molecule has 6 nitrogen and oxygen atoms in total. The summed E-state index contributed by atoms with van der Waals surface area (Å²) in [5, 5.41) is 5.58. The summed E-state index contributed by atoms with van der Waals surface area (Å²) in [6, 6.07) is -0.528. The molecule has 2 amide bonds. The molecule has 0 saturated heterocycles. The van der Waals surface area contributed by atoms with E-state index < -0.39 is 6.04 Å². The molecule has 2 atom stereocenters. The number of hydrogen-bond acceptors (Lipinski definition) is 3. The molecule has 0 aliphatic heterocycles. The lowest BCUT2D eigenvalue weighted by molar-refractivity contribution is -0.129.